The molecule has 2 aromatic rings. The summed E-state index contributed by atoms with van der Waals surface area (Å²) in [5.74, 6) is -0.186. The second-order valence-corrected chi connectivity index (χ2v) is 10.8. The molecule has 1 N–H and O–H groups in total. The van der Waals surface area contributed by atoms with Gasteiger partial charge in [0.15, 0.2) is 5.17 Å². The van der Waals surface area contributed by atoms with E-state index in [-0.39, 0.29) is 11.7 Å². The lowest BCUT2D eigenvalue weighted by Gasteiger charge is -2.36. The van der Waals surface area contributed by atoms with Crippen molar-refractivity contribution >= 4 is 49.9 Å². The smallest absolute Gasteiger partial charge is 0.257 e. The van der Waals surface area contributed by atoms with Crippen molar-refractivity contribution in [3.8, 4) is 0 Å². The Kier molecular flexibility index (Phi) is 5.60. The van der Waals surface area contributed by atoms with Gasteiger partial charge in [0.25, 0.3) is 15.9 Å². The Morgan fingerprint density at radius 3 is 2.62 bits per heavy atom. The van der Waals surface area contributed by atoms with Gasteiger partial charge < -0.3 is 20.0 Å². The van der Waals surface area contributed by atoms with E-state index in [1.54, 1.807) is 6.07 Å². The van der Waals surface area contributed by atoms with Gasteiger partial charge in [0, 0.05) is 43.2 Å². The van der Waals surface area contributed by atoms with Crippen LogP contribution in [-0.4, -0.2) is 69.4 Å². The summed E-state index contributed by atoms with van der Waals surface area (Å²) >= 11 is 1.29. The van der Waals surface area contributed by atoms with E-state index in [0.717, 1.165) is 54.7 Å². The van der Waals surface area contributed by atoms with E-state index in [1.165, 1.54) is 11.8 Å². The molecular formula is C22H25N5O3S2. The van der Waals surface area contributed by atoms with Crippen molar-refractivity contribution in [1.82, 2.24) is 4.90 Å². The molecule has 1 saturated heterocycles. The number of thioether (sulfide) groups is 1. The summed E-state index contributed by atoms with van der Waals surface area (Å²) < 4.78 is 27.5. The van der Waals surface area contributed by atoms with Gasteiger partial charge in [-0.1, -0.05) is 19.1 Å². The Bertz CT molecular complexity index is 1190. The minimum Gasteiger partial charge on any atom is -0.367 e. The number of anilines is 3. The fourth-order valence-electron chi connectivity index (χ4n) is 4.23. The van der Waals surface area contributed by atoms with Crippen LogP contribution in [0.1, 0.15) is 17.3 Å². The van der Waals surface area contributed by atoms with Crippen LogP contribution < -0.4 is 15.1 Å². The molecule has 0 radical (unpaired) electrons. The highest BCUT2D eigenvalue weighted by atomic mass is 32.2. The molecule has 3 heterocycles. The average molecular weight is 472 g/mol. The van der Waals surface area contributed by atoms with E-state index < -0.39 is 10.0 Å². The summed E-state index contributed by atoms with van der Waals surface area (Å²) in [4.78, 5) is 20.6. The van der Waals surface area contributed by atoms with Crippen molar-refractivity contribution in [3.63, 3.8) is 0 Å². The first-order valence-corrected chi connectivity index (χ1v) is 13.2. The molecule has 0 saturated carbocycles. The number of nitrogens with zero attached hydrogens (tertiary/aromatic N) is 4. The predicted octanol–water partition coefficient (Wildman–Crippen LogP) is 2.69. The maximum Gasteiger partial charge on any atom is 0.257 e. The fourth-order valence-corrected chi connectivity index (χ4v) is 6.52. The predicted molar refractivity (Wildman–Crippen MR) is 130 cm³/mol. The van der Waals surface area contributed by atoms with Crippen molar-refractivity contribution in [2.75, 3.05) is 60.1 Å². The van der Waals surface area contributed by atoms with E-state index >= 15 is 0 Å². The van der Waals surface area contributed by atoms with E-state index in [0.29, 0.717) is 17.3 Å². The second kappa shape index (κ2) is 8.42. The second-order valence-electron chi connectivity index (χ2n) is 7.99. The molecule has 1 amide bonds. The van der Waals surface area contributed by atoms with E-state index in [9.17, 15) is 13.2 Å². The maximum atomic E-state index is 13.1. The number of rotatable bonds is 4. The van der Waals surface area contributed by atoms with Gasteiger partial charge in [0.05, 0.1) is 22.8 Å². The Morgan fingerprint density at radius 2 is 1.84 bits per heavy atom. The lowest BCUT2D eigenvalue weighted by Crippen LogP contribution is -2.46. The third kappa shape index (κ3) is 4.10. The number of amides is 1. The Morgan fingerprint density at radius 1 is 1.06 bits per heavy atom. The summed E-state index contributed by atoms with van der Waals surface area (Å²) in [5.41, 5.74) is 3.26. The molecule has 0 bridgehead atoms. The van der Waals surface area contributed by atoms with Gasteiger partial charge in [0.2, 0.25) is 0 Å². The number of benzene rings is 2. The number of fused-ring (bicyclic) bond motifs is 3. The van der Waals surface area contributed by atoms with Crippen molar-refractivity contribution in [2.24, 2.45) is 4.40 Å². The Labute approximate surface area is 192 Å². The summed E-state index contributed by atoms with van der Waals surface area (Å²) in [7, 11) is -3.40. The largest absolute Gasteiger partial charge is 0.367 e. The minimum atomic E-state index is -3.40. The molecule has 5 rings (SSSR count). The SMILES string of the molecule is CCN1CCN(c2ccccc2NC(=O)c2ccc3c(c2)SC2=NS(=O)(=O)CCN23)CC1. The van der Waals surface area contributed by atoms with Gasteiger partial charge in [-0.05, 0) is 48.6 Å². The molecular weight excluding hydrogens is 446 g/mol. The number of hydrogen-bond donors (Lipinski definition) is 1. The molecule has 2 aromatic carbocycles. The third-order valence-corrected chi connectivity index (χ3v) is 8.35. The van der Waals surface area contributed by atoms with E-state index in [4.69, 9.17) is 0 Å². The zero-order valence-corrected chi connectivity index (χ0v) is 19.5. The van der Waals surface area contributed by atoms with Crippen LogP contribution in [0.25, 0.3) is 0 Å². The lowest BCUT2D eigenvalue weighted by molar-refractivity contribution is 0.102. The monoisotopic (exact) mass is 471 g/mol. The van der Waals surface area contributed by atoms with Gasteiger partial charge in [-0.15, -0.1) is 4.40 Å². The Balaban J connectivity index is 1.35. The number of amidine groups is 1. The number of sulfonamides is 1. The highest BCUT2D eigenvalue weighted by Gasteiger charge is 2.33. The zero-order valence-electron chi connectivity index (χ0n) is 17.8. The van der Waals surface area contributed by atoms with Crippen LogP contribution >= 0.6 is 11.8 Å². The first-order valence-electron chi connectivity index (χ1n) is 10.7. The number of para-hydroxylation sites is 2. The zero-order chi connectivity index (χ0) is 22.3. The molecule has 0 atom stereocenters. The van der Waals surface area contributed by atoms with Gasteiger partial charge in [-0.25, -0.2) is 8.42 Å². The number of carbonyl (C=O) groups excluding carboxylic acids is 1. The van der Waals surface area contributed by atoms with Crippen molar-refractivity contribution in [3.05, 3.63) is 48.0 Å². The maximum absolute atomic E-state index is 13.1. The minimum absolute atomic E-state index is 0.00202. The standard InChI is InChI=1S/C22H25N5O3S2/c1-2-25-9-11-26(12-10-25)18-6-4-3-5-17(18)23-21(28)16-7-8-19-20(15-16)31-22-24-32(29,30)14-13-27(19)22/h3-8,15H,2,9-14H2,1H3,(H,23,28). The van der Waals surface area contributed by atoms with Crippen LogP contribution in [0, 0.1) is 0 Å². The van der Waals surface area contributed by atoms with Crippen LogP contribution in [0.4, 0.5) is 17.1 Å². The number of nitrogens with one attached hydrogen (secondary N) is 1. The fraction of sp³-hybridized carbons (Fsp3) is 0.364. The van der Waals surface area contributed by atoms with Crippen molar-refractivity contribution in [2.45, 2.75) is 11.8 Å². The average Bonchev–Trinajstić information content (AvgIpc) is 3.15. The van der Waals surface area contributed by atoms with Crippen LogP contribution in [-0.2, 0) is 10.0 Å². The van der Waals surface area contributed by atoms with Crippen LogP contribution in [0.15, 0.2) is 51.8 Å². The summed E-state index contributed by atoms with van der Waals surface area (Å²) in [6.45, 7) is 7.49. The lowest BCUT2D eigenvalue weighted by atomic mass is 10.1. The molecule has 0 aromatic heterocycles. The summed E-state index contributed by atoms with van der Waals surface area (Å²) in [5, 5.41) is 3.53. The first-order chi connectivity index (χ1) is 15.4. The molecule has 10 heteroatoms. The summed E-state index contributed by atoms with van der Waals surface area (Å²) in [6.07, 6.45) is 0. The van der Waals surface area contributed by atoms with E-state index in [1.807, 2.05) is 41.3 Å². The van der Waals surface area contributed by atoms with Gasteiger partial charge in [-0.2, -0.15) is 0 Å². The van der Waals surface area contributed by atoms with Gasteiger partial charge in [-0.3, -0.25) is 4.79 Å². The van der Waals surface area contributed by atoms with Gasteiger partial charge in [0.1, 0.15) is 0 Å². The third-order valence-electron chi connectivity index (χ3n) is 6.05. The number of carbonyl (C=O) groups is 1. The molecule has 1 fully saturated rings. The quantitative estimate of drug-likeness (QED) is 0.734. The highest BCUT2D eigenvalue weighted by Crippen LogP contribution is 2.42. The molecule has 168 valence electrons. The van der Waals surface area contributed by atoms with Gasteiger partial charge >= 0.3 is 0 Å². The number of hydrogen-bond acceptors (Lipinski definition) is 7. The highest BCUT2D eigenvalue weighted by molar-refractivity contribution is 8.15. The molecule has 3 aliphatic heterocycles. The summed E-state index contributed by atoms with van der Waals surface area (Å²) in [6, 6.07) is 13.4. The van der Waals surface area contributed by atoms with Crippen molar-refractivity contribution < 1.29 is 13.2 Å². The molecule has 32 heavy (non-hydrogen) atoms. The van der Waals surface area contributed by atoms with Crippen LogP contribution in [0.3, 0.4) is 0 Å². The van der Waals surface area contributed by atoms with Crippen LogP contribution in [0.2, 0.25) is 0 Å². The molecule has 3 aliphatic rings. The molecule has 0 aliphatic carbocycles. The van der Waals surface area contributed by atoms with Crippen molar-refractivity contribution in [1.29, 1.82) is 0 Å². The normalized spacial score (nSPS) is 19.8. The van der Waals surface area contributed by atoms with Crippen LogP contribution in [0.5, 0.6) is 0 Å². The number of likely N-dealkylation sites (N-methyl/N-ethyl adjacent to an activating group) is 1. The molecule has 0 unspecified atom stereocenters. The Hall–Kier alpha value is -2.56. The first kappa shape index (κ1) is 21.3. The molecule has 8 nitrogen and oxygen atoms in total. The number of piperazine rings is 1. The topological polar surface area (TPSA) is 85.3 Å². The van der Waals surface area contributed by atoms with E-state index in [2.05, 4.69) is 26.4 Å². The molecule has 0 spiro atoms.